The van der Waals surface area contributed by atoms with Crippen LogP contribution in [0.4, 0.5) is 0 Å². The van der Waals surface area contributed by atoms with Gasteiger partial charge >= 0.3 is 0 Å². The Morgan fingerprint density at radius 2 is 1.91 bits per heavy atom. The zero-order valence-corrected chi connectivity index (χ0v) is 14.9. The van der Waals surface area contributed by atoms with Gasteiger partial charge in [0.25, 0.3) is 0 Å². The number of aryl methyl sites for hydroxylation is 2. The molecule has 1 N–H and O–H groups in total. The van der Waals surface area contributed by atoms with Crippen molar-refractivity contribution in [3.05, 3.63) is 53.3 Å². The van der Waals surface area contributed by atoms with Crippen LogP contribution in [-0.2, 0) is 24.8 Å². The molecular formula is C17H25ClN4O. The number of carbonyl (C=O) groups is 1. The number of aromatic nitrogens is 2. The number of hydrogen-bond donors (Lipinski definition) is 1. The minimum atomic E-state index is -0.367. The van der Waals surface area contributed by atoms with E-state index in [0.717, 1.165) is 17.5 Å². The molecule has 2 rings (SSSR count). The van der Waals surface area contributed by atoms with Crippen molar-refractivity contribution in [3.63, 3.8) is 0 Å². The van der Waals surface area contributed by atoms with Gasteiger partial charge in [0.1, 0.15) is 6.04 Å². The largest absolute Gasteiger partial charge is 0.340 e. The number of hydrogen-bond acceptors (Lipinski definition) is 3. The Balaban J connectivity index is 0.00000264. The third-order valence-corrected chi connectivity index (χ3v) is 3.82. The van der Waals surface area contributed by atoms with E-state index >= 15 is 0 Å². The van der Waals surface area contributed by atoms with E-state index in [1.165, 1.54) is 5.56 Å². The van der Waals surface area contributed by atoms with Gasteiger partial charge in [-0.3, -0.25) is 9.48 Å². The van der Waals surface area contributed by atoms with Crippen molar-refractivity contribution in [2.24, 2.45) is 7.05 Å². The van der Waals surface area contributed by atoms with Crippen LogP contribution in [0, 0.1) is 0 Å². The normalized spacial score (nSPS) is 11.7. The molecule has 0 saturated carbocycles. The number of likely N-dealkylation sites (N-methyl/N-ethyl adjacent to an activating group) is 2. The third-order valence-electron chi connectivity index (χ3n) is 3.82. The summed E-state index contributed by atoms with van der Waals surface area (Å²) in [7, 11) is 5.47. The summed E-state index contributed by atoms with van der Waals surface area (Å²) in [5.41, 5.74) is 3.32. The van der Waals surface area contributed by atoms with Crippen LogP contribution < -0.4 is 5.32 Å². The number of benzene rings is 1. The van der Waals surface area contributed by atoms with Crippen LogP contribution in [0.1, 0.15) is 29.7 Å². The Morgan fingerprint density at radius 1 is 1.30 bits per heavy atom. The van der Waals surface area contributed by atoms with Crippen LogP contribution in [0.25, 0.3) is 0 Å². The molecule has 0 saturated heterocycles. The van der Waals surface area contributed by atoms with Crippen LogP contribution in [0.15, 0.2) is 36.7 Å². The predicted molar refractivity (Wildman–Crippen MR) is 94.6 cm³/mol. The van der Waals surface area contributed by atoms with Crippen molar-refractivity contribution < 1.29 is 4.79 Å². The van der Waals surface area contributed by atoms with Gasteiger partial charge in [0.05, 0.1) is 6.20 Å². The molecule has 0 aliphatic carbocycles. The summed E-state index contributed by atoms with van der Waals surface area (Å²) in [4.78, 5) is 14.4. The summed E-state index contributed by atoms with van der Waals surface area (Å²) in [6, 6.07) is 8.03. The highest BCUT2D eigenvalue weighted by atomic mass is 35.5. The van der Waals surface area contributed by atoms with Crippen LogP contribution in [0.5, 0.6) is 0 Å². The molecule has 1 heterocycles. The van der Waals surface area contributed by atoms with Crippen molar-refractivity contribution in [2.75, 3.05) is 14.1 Å². The van der Waals surface area contributed by atoms with E-state index in [9.17, 15) is 4.79 Å². The number of nitrogens with one attached hydrogen (secondary N) is 1. The molecule has 0 aliphatic rings. The molecule has 23 heavy (non-hydrogen) atoms. The lowest BCUT2D eigenvalue weighted by atomic mass is 10.1. The third kappa shape index (κ3) is 4.81. The summed E-state index contributed by atoms with van der Waals surface area (Å²) >= 11 is 0. The first kappa shape index (κ1) is 19.2. The van der Waals surface area contributed by atoms with Gasteiger partial charge in [-0.15, -0.1) is 12.4 Å². The summed E-state index contributed by atoms with van der Waals surface area (Å²) < 4.78 is 1.70. The molecule has 1 aromatic heterocycles. The Bertz CT molecular complexity index is 624. The molecule has 0 fully saturated rings. The molecule has 0 spiro atoms. The molecule has 6 heteroatoms. The maximum absolute atomic E-state index is 12.6. The van der Waals surface area contributed by atoms with E-state index in [2.05, 4.69) is 41.6 Å². The van der Waals surface area contributed by atoms with Gasteiger partial charge in [0.15, 0.2) is 0 Å². The predicted octanol–water partition coefficient (Wildman–Crippen LogP) is 2.32. The maximum Gasteiger partial charge on any atom is 0.244 e. The van der Waals surface area contributed by atoms with E-state index < -0.39 is 0 Å². The van der Waals surface area contributed by atoms with Gasteiger partial charge < -0.3 is 10.2 Å². The van der Waals surface area contributed by atoms with E-state index in [0.29, 0.717) is 6.54 Å². The SMILES string of the molecule is CCc1ccc(CN(C)C(=O)C(NC)c2cnn(C)c2)cc1.Cl. The number of nitrogens with zero attached hydrogens (tertiary/aromatic N) is 3. The Labute approximate surface area is 144 Å². The highest BCUT2D eigenvalue weighted by Crippen LogP contribution is 2.16. The van der Waals surface area contributed by atoms with Gasteiger partial charge in [0, 0.05) is 32.4 Å². The average Bonchev–Trinajstić information content (AvgIpc) is 2.95. The fourth-order valence-corrected chi connectivity index (χ4v) is 2.47. The first-order chi connectivity index (χ1) is 10.5. The second-order valence-corrected chi connectivity index (χ2v) is 5.53. The fourth-order valence-electron chi connectivity index (χ4n) is 2.47. The van der Waals surface area contributed by atoms with E-state index in [-0.39, 0.29) is 24.4 Å². The lowest BCUT2D eigenvalue weighted by Crippen LogP contribution is -2.37. The highest BCUT2D eigenvalue weighted by molar-refractivity contribution is 5.85. The van der Waals surface area contributed by atoms with Gasteiger partial charge in [-0.1, -0.05) is 31.2 Å². The number of halogens is 1. The molecule has 2 aromatic rings. The van der Waals surface area contributed by atoms with Gasteiger partial charge in [-0.05, 0) is 24.6 Å². The standard InChI is InChI=1S/C17H24N4O.ClH/c1-5-13-6-8-14(9-7-13)11-20(3)17(22)16(18-2)15-10-19-21(4)12-15;/h6-10,12,16,18H,5,11H2,1-4H3;1H. The van der Waals surface area contributed by atoms with Crippen molar-refractivity contribution in [1.29, 1.82) is 0 Å². The van der Waals surface area contributed by atoms with Crippen molar-refractivity contribution >= 4 is 18.3 Å². The molecule has 1 unspecified atom stereocenters. The lowest BCUT2D eigenvalue weighted by Gasteiger charge is -2.23. The first-order valence-corrected chi connectivity index (χ1v) is 7.53. The van der Waals surface area contributed by atoms with Crippen LogP contribution in [0.2, 0.25) is 0 Å². The van der Waals surface area contributed by atoms with Crippen molar-refractivity contribution in [2.45, 2.75) is 25.9 Å². The molecule has 5 nitrogen and oxygen atoms in total. The van der Waals surface area contributed by atoms with Crippen LogP contribution in [-0.4, -0.2) is 34.7 Å². The average molecular weight is 337 g/mol. The van der Waals surface area contributed by atoms with Gasteiger partial charge in [0.2, 0.25) is 5.91 Å². The zero-order chi connectivity index (χ0) is 16.1. The summed E-state index contributed by atoms with van der Waals surface area (Å²) in [5.74, 6) is 0.0371. The maximum atomic E-state index is 12.6. The molecule has 126 valence electrons. The van der Waals surface area contributed by atoms with Gasteiger partial charge in [-0.25, -0.2) is 0 Å². The Hall–Kier alpha value is -1.85. The zero-order valence-electron chi connectivity index (χ0n) is 14.1. The highest BCUT2D eigenvalue weighted by Gasteiger charge is 2.23. The minimum absolute atomic E-state index is 0. The van der Waals surface area contributed by atoms with E-state index in [1.54, 1.807) is 22.8 Å². The summed E-state index contributed by atoms with van der Waals surface area (Å²) in [5, 5.41) is 7.21. The Morgan fingerprint density at radius 3 is 2.39 bits per heavy atom. The van der Waals surface area contributed by atoms with E-state index in [1.807, 2.05) is 20.3 Å². The Kier molecular flexibility index (Phi) is 7.26. The molecular weight excluding hydrogens is 312 g/mol. The van der Waals surface area contributed by atoms with Crippen molar-refractivity contribution in [1.82, 2.24) is 20.0 Å². The molecule has 1 aromatic carbocycles. The molecule has 0 bridgehead atoms. The number of carbonyl (C=O) groups excluding carboxylic acids is 1. The fraction of sp³-hybridized carbons (Fsp3) is 0.412. The van der Waals surface area contributed by atoms with Crippen LogP contribution in [0.3, 0.4) is 0 Å². The molecule has 0 aliphatic heterocycles. The second-order valence-electron chi connectivity index (χ2n) is 5.53. The topological polar surface area (TPSA) is 50.2 Å². The molecule has 0 radical (unpaired) electrons. The first-order valence-electron chi connectivity index (χ1n) is 7.53. The number of rotatable bonds is 6. The minimum Gasteiger partial charge on any atom is -0.340 e. The number of amides is 1. The lowest BCUT2D eigenvalue weighted by molar-refractivity contribution is -0.132. The molecule has 1 atom stereocenters. The molecule has 1 amide bonds. The van der Waals surface area contributed by atoms with E-state index in [4.69, 9.17) is 0 Å². The van der Waals surface area contributed by atoms with Gasteiger partial charge in [-0.2, -0.15) is 5.10 Å². The summed E-state index contributed by atoms with van der Waals surface area (Å²) in [6.45, 7) is 2.73. The van der Waals surface area contributed by atoms with Crippen molar-refractivity contribution in [3.8, 4) is 0 Å². The second kappa shape index (κ2) is 8.70. The van der Waals surface area contributed by atoms with Crippen LogP contribution >= 0.6 is 12.4 Å². The smallest absolute Gasteiger partial charge is 0.244 e. The quantitative estimate of drug-likeness (QED) is 0.880. The summed E-state index contributed by atoms with van der Waals surface area (Å²) in [6.07, 6.45) is 4.61. The monoisotopic (exact) mass is 336 g/mol.